The normalized spacial score (nSPS) is 19.2. The quantitative estimate of drug-likeness (QED) is 0.0807. The molecule has 6 aromatic rings. The first kappa shape index (κ1) is 66.2. The van der Waals surface area contributed by atoms with Crippen molar-refractivity contribution in [2.45, 2.75) is 142 Å². The molecule has 0 aliphatic carbocycles. The van der Waals surface area contributed by atoms with Gasteiger partial charge in [-0.25, -0.2) is 45.4 Å². The van der Waals surface area contributed by atoms with Crippen LogP contribution in [0.15, 0.2) is 60.9 Å². The predicted molar refractivity (Wildman–Crippen MR) is 336 cm³/mol. The summed E-state index contributed by atoms with van der Waals surface area (Å²) in [6.45, 7) is 19.1. The molecule has 4 saturated heterocycles. The number of aryl methyl sites for hydroxylation is 2. The molecule has 0 saturated carbocycles. The number of hydrogen-bond acceptors (Lipinski definition) is 16. The van der Waals surface area contributed by atoms with Gasteiger partial charge in [0.25, 0.3) is 11.8 Å². The topological polar surface area (TPSA) is 285 Å². The van der Waals surface area contributed by atoms with Gasteiger partial charge in [0.1, 0.15) is 11.2 Å². The average Bonchev–Trinajstić information content (AvgIpc) is 1.96. The summed E-state index contributed by atoms with van der Waals surface area (Å²) in [6.07, 6.45) is 11.7. The molecule has 29 heteroatoms. The van der Waals surface area contributed by atoms with Crippen molar-refractivity contribution in [2.75, 3.05) is 66.1 Å². The number of sulfonamides is 2. The second-order valence-corrected chi connectivity index (χ2v) is 29.0. The zero-order chi connectivity index (χ0) is 63.3. The third kappa shape index (κ3) is 18.2. The van der Waals surface area contributed by atoms with Crippen LogP contribution < -0.4 is 30.3 Å². The fourth-order valence-electron chi connectivity index (χ4n) is 10.7. The fraction of sp³-hybridized carbons (Fsp3) is 0.517. The number of amides is 4. The number of hydrogen-bond donors (Lipinski definition) is 5. The molecule has 0 spiro atoms. The van der Waals surface area contributed by atoms with Crippen LogP contribution in [0, 0.1) is 13.8 Å². The van der Waals surface area contributed by atoms with E-state index in [9.17, 15) is 36.0 Å². The standard InChI is InChI=1S/C29H38ClN7O5S.C20H21Cl2N5O3S.C9H18N2O2/c1-18-14-25-32-23(17-37(25)33-26(18)35-13-11-20(16-35)31-28(39)42-29(2,3)4)24-8-6-7-12-36(24)27(38)21-15-19(30)9-10-22(21)34-43(5,40)41;1-12-9-18-23-16(11-27(18)24-19(12)22)17-5-3-4-8-26(17)20(28)14-10-13(21)6-7-15(14)25-31(2,29)30;1-9(2,3)13-8(12)11-7-4-5-10-6-7/h9-10,14-15,17,20,24,34H,6-8,11-13,16H2,1-5H3,(H,31,39);6-7,9-11,17,25H,3-5,8H2,1-2H3;7,10H,4-6H2,1-3H3,(H,11,12)/t20-,24-;17-;7-/m000/s1. The van der Waals surface area contributed by atoms with Crippen molar-refractivity contribution >= 4 is 107 Å². The van der Waals surface area contributed by atoms with Crippen LogP contribution in [0.2, 0.25) is 15.2 Å². The maximum Gasteiger partial charge on any atom is 0.407 e. The van der Waals surface area contributed by atoms with Gasteiger partial charge in [-0.1, -0.05) is 34.8 Å². The van der Waals surface area contributed by atoms with Gasteiger partial charge in [0.15, 0.2) is 22.3 Å². The van der Waals surface area contributed by atoms with Crippen LogP contribution >= 0.6 is 34.8 Å². The summed E-state index contributed by atoms with van der Waals surface area (Å²) in [5.74, 6) is 0.176. The highest BCUT2D eigenvalue weighted by Crippen LogP contribution is 2.37. The maximum absolute atomic E-state index is 13.9. The molecule has 4 amide bonds. The Morgan fingerprint density at radius 1 is 0.609 bits per heavy atom. The monoisotopic (exact) mass is 1300 g/mol. The van der Waals surface area contributed by atoms with Crippen LogP contribution in [0.5, 0.6) is 0 Å². The summed E-state index contributed by atoms with van der Waals surface area (Å²) in [6, 6.07) is 12.5. The summed E-state index contributed by atoms with van der Waals surface area (Å²) < 4.78 is 66.2. The van der Waals surface area contributed by atoms with E-state index in [1.807, 2.05) is 73.7 Å². The van der Waals surface area contributed by atoms with E-state index in [1.54, 1.807) is 37.2 Å². The molecular weight excluding hydrogens is 1220 g/mol. The van der Waals surface area contributed by atoms with E-state index >= 15 is 0 Å². The van der Waals surface area contributed by atoms with Gasteiger partial charge in [0.2, 0.25) is 20.0 Å². The number of anilines is 3. The highest BCUT2D eigenvalue weighted by Gasteiger charge is 2.35. The fourth-order valence-corrected chi connectivity index (χ4v) is 12.3. The number of rotatable bonds is 11. The molecule has 2 aromatic carbocycles. The number of likely N-dealkylation sites (tertiary alicyclic amines) is 2. The lowest BCUT2D eigenvalue weighted by atomic mass is 9.98. The van der Waals surface area contributed by atoms with Crippen molar-refractivity contribution in [1.82, 2.24) is 54.9 Å². The number of piperidine rings is 2. The lowest BCUT2D eigenvalue weighted by Gasteiger charge is -2.35. The van der Waals surface area contributed by atoms with Gasteiger partial charge in [0, 0.05) is 48.8 Å². The number of fused-ring (bicyclic) bond motifs is 2. The Morgan fingerprint density at radius 2 is 1.08 bits per heavy atom. The summed E-state index contributed by atoms with van der Waals surface area (Å²) in [5.41, 5.74) is 4.30. The number of ether oxygens (including phenoxy) is 2. The Balaban J connectivity index is 0.000000193. The molecule has 4 aliphatic rings. The van der Waals surface area contributed by atoms with Crippen molar-refractivity contribution < 1.29 is 45.5 Å². The Kier molecular flexibility index (Phi) is 20.8. The molecule has 472 valence electrons. The van der Waals surface area contributed by atoms with Crippen LogP contribution in [-0.4, -0.2) is 155 Å². The zero-order valence-electron chi connectivity index (χ0n) is 50.5. The van der Waals surface area contributed by atoms with Crippen molar-refractivity contribution in [2.24, 2.45) is 0 Å². The Labute approximate surface area is 522 Å². The molecule has 8 heterocycles. The van der Waals surface area contributed by atoms with E-state index < -0.39 is 37.3 Å². The lowest BCUT2D eigenvalue weighted by Crippen LogP contribution is -2.40. The highest BCUT2D eigenvalue weighted by atomic mass is 35.5. The van der Waals surface area contributed by atoms with Gasteiger partial charge >= 0.3 is 12.2 Å². The molecule has 0 unspecified atom stereocenters. The SMILES string of the molecule is CC(C)(C)OC(=O)N[C@H]1CCNC1.Cc1cc2nc([C@@H]3CCCCN3C(=O)c3cc(Cl)ccc3NS(C)(=O)=O)cn2nc1Cl.Cc1cc2nc([C@@H]3CCCCN3C(=O)c3cc(Cl)ccc3NS(C)(=O)=O)cn2nc1N1CC[C@H](NC(=O)OC(C)(C)C)C1. The van der Waals surface area contributed by atoms with Crippen molar-refractivity contribution in [1.29, 1.82) is 0 Å². The van der Waals surface area contributed by atoms with Gasteiger partial charge in [-0.3, -0.25) is 19.0 Å². The number of carbonyl (C=O) groups excluding carboxylic acids is 4. The first-order chi connectivity index (χ1) is 40.8. The van der Waals surface area contributed by atoms with Gasteiger partial charge < -0.3 is 40.1 Å². The Bertz CT molecular complexity index is 3710. The number of benzene rings is 2. The molecule has 0 bridgehead atoms. The number of halogens is 3. The van der Waals surface area contributed by atoms with Gasteiger partial charge in [-0.2, -0.15) is 5.10 Å². The summed E-state index contributed by atoms with van der Waals surface area (Å²) >= 11 is 18.5. The largest absolute Gasteiger partial charge is 0.444 e. The third-order valence-corrected chi connectivity index (χ3v) is 16.5. The first-order valence-corrected chi connectivity index (χ1v) is 33.7. The predicted octanol–water partition coefficient (Wildman–Crippen LogP) is 9.49. The number of imidazole rings is 2. The smallest absolute Gasteiger partial charge is 0.407 e. The van der Waals surface area contributed by atoms with Crippen LogP contribution in [0.1, 0.15) is 148 Å². The number of alkyl carbamates (subject to hydrolysis) is 2. The third-order valence-electron chi connectivity index (χ3n) is 14.4. The molecule has 4 aliphatic heterocycles. The molecule has 4 aromatic heterocycles. The van der Waals surface area contributed by atoms with Crippen molar-refractivity contribution in [3.63, 3.8) is 0 Å². The molecule has 87 heavy (non-hydrogen) atoms. The van der Waals surface area contributed by atoms with Crippen molar-refractivity contribution in [3.05, 3.63) is 110 Å². The number of nitrogens with one attached hydrogen (secondary N) is 5. The summed E-state index contributed by atoms with van der Waals surface area (Å²) in [4.78, 5) is 66.0. The Hall–Kier alpha value is -6.71. The minimum Gasteiger partial charge on any atom is -0.444 e. The first-order valence-electron chi connectivity index (χ1n) is 28.8. The second kappa shape index (κ2) is 27.4. The summed E-state index contributed by atoms with van der Waals surface area (Å²) in [7, 11) is -7.18. The van der Waals surface area contributed by atoms with E-state index in [0.717, 1.165) is 94.0 Å². The molecular formula is C58H77Cl3N14O10S2. The molecule has 5 N–H and O–H groups in total. The van der Waals surface area contributed by atoms with E-state index in [2.05, 4.69) is 40.4 Å². The number of aromatic nitrogens is 6. The molecule has 24 nitrogen and oxygen atoms in total. The molecule has 4 fully saturated rings. The Morgan fingerprint density at radius 3 is 1.54 bits per heavy atom. The molecule has 10 rings (SSSR count). The zero-order valence-corrected chi connectivity index (χ0v) is 54.4. The van der Waals surface area contributed by atoms with Gasteiger partial charge in [-0.05, 0) is 173 Å². The van der Waals surface area contributed by atoms with Crippen LogP contribution in [-0.2, 0) is 29.5 Å². The summed E-state index contributed by atoms with van der Waals surface area (Å²) in [5, 5.41) is 19.2. The van der Waals surface area contributed by atoms with Crippen LogP contribution in [0.25, 0.3) is 11.3 Å². The highest BCUT2D eigenvalue weighted by molar-refractivity contribution is 7.92. The van der Waals surface area contributed by atoms with E-state index in [4.69, 9.17) is 54.4 Å². The lowest BCUT2D eigenvalue weighted by molar-refractivity contribution is 0.0497. The minimum absolute atomic E-state index is 0.0551. The second-order valence-electron chi connectivity index (χ2n) is 24.3. The number of nitrogens with zero attached hydrogens (tertiary/aromatic N) is 9. The van der Waals surface area contributed by atoms with Crippen LogP contribution in [0.3, 0.4) is 0 Å². The van der Waals surface area contributed by atoms with Crippen LogP contribution in [0.4, 0.5) is 26.8 Å². The van der Waals surface area contributed by atoms with E-state index in [0.29, 0.717) is 63.9 Å². The van der Waals surface area contributed by atoms with Crippen molar-refractivity contribution in [3.8, 4) is 0 Å². The maximum atomic E-state index is 13.9. The molecule has 0 radical (unpaired) electrons. The molecule has 4 atom stereocenters. The van der Waals surface area contributed by atoms with Gasteiger partial charge in [0.05, 0.1) is 76.9 Å². The van der Waals surface area contributed by atoms with E-state index in [-0.39, 0.29) is 64.6 Å². The van der Waals surface area contributed by atoms with Gasteiger partial charge in [-0.15, -0.1) is 5.10 Å². The number of carbonyl (C=O) groups is 4. The minimum atomic E-state index is -3.61. The van der Waals surface area contributed by atoms with E-state index in [1.165, 1.54) is 24.3 Å². The average molecular weight is 1300 g/mol.